The van der Waals surface area contributed by atoms with Gasteiger partial charge in [0, 0.05) is 44.4 Å². The van der Waals surface area contributed by atoms with Crippen molar-refractivity contribution in [1.29, 1.82) is 0 Å². The zero-order chi connectivity index (χ0) is 25.9. The molecule has 0 aliphatic carbocycles. The van der Waals surface area contributed by atoms with E-state index in [1.54, 1.807) is 0 Å². The highest BCUT2D eigenvalue weighted by Crippen LogP contribution is 2.35. The van der Waals surface area contributed by atoms with Gasteiger partial charge in [0.1, 0.15) is 33.2 Å². The van der Waals surface area contributed by atoms with E-state index < -0.39 is 48.0 Å². The van der Waals surface area contributed by atoms with Crippen LogP contribution in [-0.2, 0) is 0 Å². The Hall–Kier alpha value is -3.39. The molecule has 190 valence electrons. The summed E-state index contributed by atoms with van der Waals surface area (Å²) < 4.78 is 62.3. The number of nitrogens with two attached hydrogens (primary N) is 3. The van der Waals surface area contributed by atoms with Gasteiger partial charge in [-0.1, -0.05) is 11.3 Å². The summed E-state index contributed by atoms with van der Waals surface area (Å²) in [5, 5.41) is 2.16. The summed E-state index contributed by atoms with van der Waals surface area (Å²) in [4.78, 5) is 22.2. The minimum atomic E-state index is -3.07. The van der Waals surface area contributed by atoms with E-state index in [4.69, 9.17) is 21.9 Å². The zero-order valence-electron chi connectivity index (χ0n) is 18.9. The van der Waals surface area contributed by atoms with Crippen molar-refractivity contribution in [2.45, 2.75) is 24.8 Å². The number of rotatable bonds is 5. The zero-order valence-corrected chi connectivity index (χ0v) is 19.8. The molecule has 14 heteroatoms. The Morgan fingerprint density at radius 3 is 2.60 bits per heavy atom. The van der Waals surface area contributed by atoms with E-state index in [2.05, 4.69) is 15.3 Å². The number of hydrogen-bond donors (Lipinski definition) is 4. The third-order valence-corrected chi connectivity index (χ3v) is 6.16. The molecule has 9 nitrogen and oxygen atoms in total. The fraction of sp³-hybridized carbons (Fsp3) is 0.381. The minimum Gasteiger partial charge on any atom is -0.497 e. The lowest BCUT2D eigenvalue weighted by atomic mass is 10.1. The topological polar surface area (TPSA) is 145 Å². The van der Waals surface area contributed by atoms with Gasteiger partial charge in [-0.05, 0) is 6.42 Å². The normalized spacial score (nSPS) is 18.8. The molecular weight excluding hydrogens is 490 g/mol. The molecule has 7 N–H and O–H groups in total. The number of thiazole rings is 1. The van der Waals surface area contributed by atoms with Gasteiger partial charge >= 0.3 is 0 Å². The molecule has 0 bridgehead atoms. The van der Waals surface area contributed by atoms with Crippen LogP contribution in [-0.4, -0.2) is 60.8 Å². The third-order valence-electron chi connectivity index (χ3n) is 5.25. The molecule has 1 unspecified atom stereocenters. The Labute approximate surface area is 202 Å². The van der Waals surface area contributed by atoms with Crippen molar-refractivity contribution in [3.05, 3.63) is 41.4 Å². The van der Waals surface area contributed by atoms with E-state index in [1.807, 2.05) is 0 Å². The van der Waals surface area contributed by atoms with E-state index in [1.165, 1.54) is 19.1 Å². The summed E-state index contributed by atoms with van der Waals surface area (Å²) in [6.45, 7) is -0.505. The van der Waals surface area contributed by atoms with Crippen LogP contribution in [0.15, 0.2) is 29.0 Å². The average molecular weight is 516 g/mol. The van der Waals surface area contributed by atoms with Crippen LogP contribution in [0.4, 0.5) is 22.6 Å². The number of hydrogen-bond acceptors (Lipinski definition) is 8. The summed E-state index contributed by atoms with van der Waals surface area (Å²) >= 11 is 0.698. The average Bonchev–Trinajstić information content (AvgIpc) is 3.09. The SMILES string of the molecule is CN=C(C(=CN)NC(=O)c1nc(-c2c(F)cc(OC)cc2F)sc1N)N1CCC(N)CC(F)(F)C1. The van der Waals surface area contributed by atoms with Crippen LogP contribution < -0.4 is 27.3 Å². The maximum Gasteiger partial charge on any atom is 0.277 e. The second kappa shape index (κ2) is 10.5. The molecule has 2 heterocycles. The number of halogens is 4. The van der Waals surface area contributed by atoms with Gasteiger partial charge in [-0.15, -0.1) is 0 Å². The first-order valence-electron chi connectivity index (χ1n) is 10.4. The first-order valence-corrected chi connectivity index (χ1v) is 11.2. The van der Waals surface area contributed by atoms with Crippen LogP contribution in [0.3, 0.4) is 0 Å². The number of nitrogens with one attached hydrogen (secondary N) is 1. The molecule has 0 spiro atoms. The number of aliphatic imine (C=N–C) groups is 1. The molecule has 1 aliphatic rings. The molecule has 1 aliphatic heterocycles. The molecule has 3 rings (SSSR count). The van der Waals surface area contributed by atoms with E-state index >= 15 is 0 Å². The van der Waals surface area contributed by atoms with Crippen molar-refractivity contribution < 1.29 is 27.1 Å². The van der Waals surface area contributed by atoms with E-state index in [0.29, 0.717) is 11.3 Å². The number of methoxy groups -OCH3 is 1. The van der Waals surface area contributed by atoms with E-state index in [-0.39, 0.29) is 46.0 Å². The molecule has 1 amide bonds. The second-order valence-corrected chi connectivity index (χ2v) is 8.84. The maximum atomic E-state index is 14.5. The van der Waals surface area contributed by atoms with Crippen molar-refractivity contribution in [3.63, 3.8) is 0 Å². The highest BCUT2D eigenvalue weighted by Gasteiger charge is 2.38. The summed E-state index contributed by atoms with van der Waals surface area (Å²) in [7, 11) is 2.62. The lowest BCUT2D eigenvalue weighted by molar-refractivity contribution is -0.0203. The van der Waals surface area contributed by atoms with Gasteiger partial charge in [-0.2, -0.15) is 0 Å². The van der Waals surface area contributed by atoms with Gasteiger partial charge in [0.05, 0.1) is 24.9 Å². The number of amidine groups is 1. The number of benzene rings is 1. The summed E-state index contributed by atoms with van der Waals surface area (Å²) in [6.07, 6.45) is 0.794. The van der Waals surface area contributed by atoms with Gasteiger partial charge < -0.3 is 32.2 Å². The number of likely N-dealkylation sites (tertiary alicyclic amines) is 1. The Bertz CT molecular complexity index is 1150. The van der Waals surface area contributed by atoms with Crippen molar-refractivity contribution in [2.75, 3.05) is 33.0 Å². The van der Waals surface area contributed by atoms with Gasteiger partial charge in [-0.3, -0.25) is 9.79 Å². The lowest BCUT2D eigenvalue weighted by Gasteiger charge is -2.28. The molecule has 1 fully saturated rings. The number of anilines is 1. The van der Waals surface area contributed by atoms with Crippen LogP contribution in [0.2, 0.25) is 0 Å². The predicted octanol–water partition coefficient (Wildman–Crippen LogP) is 2.30. The van der Waals surface area contributed by atoms with Crippen molar-refractivity contribution in [3.8, 4) is 16.3 Å². The molecule has 1 aromatic carbocycles. The Balaban J connectivity index is 1.86. The predicted molar refractivity (Wildman–Crippen MR) is 125 cm³/mol. The third kappa shape index (κ3) is 5.82. The molecule has 35 heavy (non-hydrogen) atoms. The maximum absolute atomic E-state index is 14.5. The van der Waals surface area contributed by atoms with Crippen LogP contribution in [0, 0.1) is 11.6 Å². The summed E-state index contributed by atoms with van der Waals surface area (Å²) in [5.41, 5.74) is 16.4. The Morgan fingerprint density at radius 1 is 1.37 bits per heavy atom. The first kappa shape index (κ1) is 26.2. The Morgan fingerprint density at radius 2 is 2.03 bits per heavy atom. The van der Waals surface area contributed by atoms with Crippen LogP contribution in [0.25, 0.3) is 10.6 Å². The molecular formula is C21H25F4N7O2S. The number of amides is 1. The number of nitrogens with zero attached hydrogens (tertiary/aromatic N) is 3. The number of nitrogen functional groups attached to an aromatic ring is 1. The van der Waals surface area contributed by atoms with Crippen molar-refractivity contribution in [1.82, 2.24) is 15.2 Å². The first-order chi connectivity index (χ1) is 16.5. The smallest absolute Gasteiger partial charge is 0.277 e. The molecule has 1 saturated heterocycles. The summed E-state index contributed by atoms with van der Waals surface area (Å²) in [6, 6.07) is 1.25. The van der Waals surface area contributed by atoms with Gasteiger partial charge in [-0.25, -0.2) is 22.5 Å². The largest absolute Gasteiger partial charge is 0.497 e. The molecule has 2 aromatic rings. The van der Waals surface area contributed by atoms with E-state index in [9.17, 15) is 22.4 Å². The fourth-order valence-electron chi connectivity index (χ4n) is 3.67. The highest BCUT2D eigenvalue weighted by atomic mass is 32.1. The fourth-order valence-corrected chi connectivity index (χ4v) is 4.55. The van der Waals surface area contributed by atoms with Crippen LogP contribution in [0.1, 0.15) is 23.3 Å². The second-order valence-electron chi connectivity index (χ2n) is 7.81. The van der Waals surface area contributed by atoms with Gasteiger partial charge in [0.2, 0.25) is 0 Å². The van der Waals surface area contributed by atoms with Crippen molar-refractivity contribution in [2.24, 2.45) is 16.5 Å². The lowest BCUT2D eigenvalue weighted by Crippen LogP contribution is -2.44. The quantitative estimate of drug-likeness (QED) is 0.272. The van der Waals surface area contributed by atoms with E-state index in [0.717, 1.165) is 18.3 Å². The van der Waals surface area contributed by atoms with Crippen molar-refractivity contribution >= 4 is 28.1 Å². The number of alkyl halides is 2. The molecule has 1 aromatic heterocycles. The monoisotopic (exact) mass is 515 g/mol. The number of carbonyl (C=O) groups is 1. The van der Waals surface area contributed by atoms with Crippen LogP contribution >= 0.6 is 11.3 Å². The highest BCUT2D eigenvalue weighted by molar-refractivity contribution is 7.19. The molecule has 1 atom stereocenters. The standard InChI is InChI=1S/C21H25F4N7O2S/c1-29-18(32-4-3-10(27)7-21(24,25)9-32)14(8-26)30-19(33)16-17(28)35-20(31-16)15-12(22)5-11(34-2)6-13(15)23/h5-6,8,10H,3-4,7,9,26-28H2,1-2H3,(H,30,33). The number of carbonyl (C=O) groups excluding carboxylic acids is 1. The molecule has 0 saturated carbocycles. The minimum absolute atomic E-state index is 0.0101. The summed E-state index contributed by atoms with van der Waals surface area (Å²) in [5.74, 6) is -5.87. The van der Waals surface area contributed by atoms with Gasteiger partial charge in [0.15, 0.2) is 5.69 Å². The number of aromatic nitrogens is 1. The molecule has 0 radical (unpaired) electrons. The van der Waals surface area contributed by atoms with Gasteiger partial charge in [0.25, 0.3) is 11.8 Å². The number of ether oxygens (including phenoxy) is 1. The Kier molecular flexibility index (Phi) is 7.85. The van der Waals surface area contributed by atoms with Crippen LogP contribution in [0.5, 0.6) is 5.75 Å².